The molecule has 0 aromatic heterocycles. The molecule has 2 nitrogen and oxygen atoms in total. The average molecular weight is 169 g/mol. The van der Waals surface area contributed by atoms with Crippen LogP contribution in [0.5, 0.6) is 0 Å². The third-order valence-corrected chi connectivity index (χ3v) is 1.09. The molecule has 0 saturated heterocycles. The molecule has 0 aliphatic heterocycles. The zero-order chi connectivity index (χ0) is 9.12. The number of rotatable bonds is 3. The van der Waals surface area contributed by atoms with Crippen molar-refractivity contribution in [1.29, 1.82) is 0 Å². The van der Waals surface area contributed by atoms with Gasteiger partial charge >= 0.3 is 6.18 Å². The molecule has 5 heteroatoms. The summed E-state index contributed by atoms with van der Waals surface area (Å²) in [5.74, 6) is 0. The van der Waals surface area contributed by atoms with Gasteiger partial charge in [-0.2, -0.15) is 13.2 Å². The molecule has 0 fully saturated rings. The van der Waals surface area contributed by atoms with Crippen LogP contribution < -0.4 is 5.32 Å². The molecule has 0 saturated carbocycles. The number of hydrogen-bond acceptors (Lipinski definition) is 1. The third kappa shape index (κ3) is 5.69. The van der Waals surface area contributed by atoms with E-state index in [4.69, 9.17) is 0 Å². The number of carbonyl (C=O) groups excluding carboxylic acids is 1. The fourth-order valence-electron chi connectivity index (χ4n) is 0.712. The first-order valence-corrected chi connectivity index (χ1v) is 3.05. The molecule has 66 valence electrons. The second-order valence-electron chi connectivity index (χ2n) is 2.94. The molecule has 0 rings (SSSR count). The van der Waals surface area contributed by atoms with Gasteiger partial charge in [0.15, 0.2) is 0 Å². The van der Waals surface area contributed by atoms with E-state index in [-0.39, 0.29) is 6.41 Å². The van der Waals surface area contributed by atoms with Crippen LogP contribution in [0.2, 0.25) is 0 Å². The smallest absolute Gasteiger partial charge is 0.353 e. The van der Waals surface area contributed by atoms with Crippen LogP contribution in [0.3, 0.4) is 0 Å². The van der Waals surface area contributed by atoms with Crippen molar-refractivity contribution in [1.82, 2.24) is 5.32 Å². The number of halogens is 3. The lowest BCUT2D eigenvalue weighted by Gasteiger charge is -2.24. The molecule has 0 aliphatic carbocycles. The van der Waals surface area contributed by atoms with Crippen molar-refractivity contribution >= 4 is 6.41 Å². The minimum absolute atomic E-state index is 0.270. The predicted molar refractivity (Wildman–Crippen MR) is 34.0 cm³/mol. The molecule has 0 atom stereocenters. The Bertz CT molecular complexity index is 141. The van der Waals surface area contributed by atoms with Crippen LogP contribution in [0.15, 0.2) is 0 Å². The summed E-state index contributed by atoms with van der Waals surface area (Å²) in [7, 11) is 0. The van der Waals surface area contributed by atoms with Gasteiger partial charge in [0.2, 0.25) is 6.41 Å². The molecule has 0 aromatic rings. The molecule has 0 spiro atoms. The standard InChI is InChI=1S/C6H10F3NO/c1-5(2,10-4-11)3-6(7,8)9/h4H,3H2,1-2H3,(H,10,11). The summed E-state index contributed by atoms with van der Waals surface area (Å²) in [6.07, 6.45) is -4.98. The Hall–Kier alpha value is -0.740. The van der Waals surface area contributed by atoms with E-state index < -0.39 is 18.1 Å². The van der Waals surface area contributed by atoms with Crippen LogP contribution in [0.1, 0.15) is 20.3 Å². The second-order valence-corrected chi connectivity index (χ2v) is 2.94. The lowest BCUT2D eigenvalue weighted by atomic mass is 10.0. The van der Waals surface area contributed by atoms with Gasteiger partial charge in [-0.05, 0) is 13.8 Å². The minimum Gasteiger partial charge on any atom is -0.353 e. The van der Waals surface area contributed by atoms with E-state index in [1.54, 1.807) is 0 Å². The van der Waals surface area contributed by atoms with Crippen LogP contribution in [0.25, 0.3) is 0 Å². The Kier molecular flexibility index (Phi) is 2.90. The number of amides is 1. The van der Waals surface area contributed by atoms with Crippen LogP contribution in [0.4, 0.5) is 13.2 Å². The van der Waals surface area contributed by atoms with E-state index >= 15 is 0 Å². The second kappa shape index (κ2) is 3.11. The lowest BCUT2D eigenvalue weighted by Crippen LogP contribution is -2.42. The van der Waals surface area contributed by atoms with E-state index in [9.17, 15) is 18.0 Å². The number of hydrogen-bond donors (Lipinski definition) is 1. The Balaban J connectivity index is 4.00. The van der Waals surface area contributed by atoms with E-state index in [2.05, 4.69) is 5.32 Å². The largest absolute Gasteiger partial charge is 0.391 e. The van der Waals surface area contributed by atoms with Crippen LogP contribution in [-0.2, 0) is 4.79 Å². The summed E-state index contributed by atoms with van der Waals surface area (Å²) in [6.45, 7) is 2.63. The highest BCUT2D eigenvalue weighted by molar-refractivity contribution is 5.47. The summed E-state index contributed by atoms with van der Waals surface area (Å²) in [4.78, 5) is 9.83. The molecule has 0 bridgehead atoms. The highest BCUT2D eigenvalue weighted by Crippen LogP contribution is 2.26. The Morgan fingerprint density at radius 2 is 1.82 bits per heavy atom. The Morgan fingerprint density at radius 3 is 2.09 bits per heavy atom. The van der Waals surface area contributed by atoms with Gasteiger partial charge < -0.3 is 5.32 Å². The van der Waals surface area contributed by atoms with Crippen molar-refractivity contribution < 1.29 is 18.0 Å². The van der Waals surface area contributed by atoms with Gasteiger partial charge in [0.25, 0.3) is 0 Å². The van der Waals surface area contributed by atoms with Crippen molar-refractivity contribution in [3.63, 3.8) is 0 Å². The zero-order valence-corrected chi connectivity index (χ0v) is 6.33. The molecule has 0 radical (unpaired) electrons. The topological polar surface area (TPSA) is 29.1 Å². The van der Waals surface area contributed by atoms with Crippen molar-refractivity contribution in [3.05, 3.63) is 0 Å². The summed E-state index contributed by atoms with van der Waals surface area (Å²) >= 11 is 0. The van der Waals surface area contributed by atoms with Crippen LogP contribution >= 0.6 is 0 Å². The SMILES string of the molecule is CC(C)(CC(F)(F)F)NC=O. The maximum absolute atomic E-state index is 11.7. The minimum atomic E-state index is -4.24. The number of alkyl halides is 3. The van der Waals surface area contributed by atoms with Gasteiger partial charge in [-0.15, -0.1) is 0 Å². The van der Waals surface area contributed by atoms with E-state index in [0.717, 1.165) is 0 Å². The predicted octanol–water partition coefficient (Wildman–Crippen LogP) is 1.46. The van der Waals surface area contributed by atoms with Gasteiger partial charge in [0.1, 0.15) is 0 Å². The van der Waals surface area contributed by atoms with Gasteiger partial charge in [-0.1, -0.05) is 0 Å². The van der Waals surface area contributed by atoms with Crippen LogP contribution in [0, 0.1) is 0 Å². The summed E-state index contributed by atoms with van der Waals surface area (Å²) < 4.78 is 35.2. The summed E-state index contributed by atoms with van der Waals surface area (Å²) in [6, 6.07) is 0. The molecular weight excluding hydrogens is 159 g/mol. The molecule has 0 aromatic carbocycles. The van der Waals surface area contributed by atoms with Crippen molar-refractivity contribution in [3.8, 4) is 0 Å². The molecule has 0 unspecified atom stereocenters. The highest BCUT2D eigenvalue weighted by atomic mass is 19.4. The average Bonchev–Trinajstić information content (AvgIpc) is 1.55. The quantitative estimate of drug-likeness (QED) is 0.637. The van der Waals surface area contributed by atoms with Crippen molar-refractivity contribution in [2.75, 3.05) is 0 Å². The maximum atomic E-state index is 11.7. The Labute approximate surface area is 62.8 Å². The third-order valence-electron chi connectivity index (χ3n) is 1.09. The van der Waals surface area contributed by atoms with E-state index in [1.165, 1.54) is 13.8 Å². The first kappa shape index (κ1) is 10.3. The van der Waals surface area contributed by atoms with Gasteiger partial charge in [0.05, 0.1) is 6.42 Å². The summed E-state index contributed by atoms with van der Waals surface area (Å²) in [5.41, 5.74) is -1.21. The van der Waals surface area contributed by atoms with Gasteiger partial charge in [0, 0.05) is 5.54 Å². The lowest BCUT2D eigenvalue weighted by molar-refractivity contribution is -0.148. The fourth-order valence-corrected chi connectivity index (χ4v) is 0.712. The first-order valence-electron chi connectivity index (χ1n) is 3.05. The zero-order valence-electron chi connectivity index (χ0n) is 6.33. The first-order chi connectivity index (χ1) is 4.77. The van der Waals surface area contributed by atoms with Crippen LogP contribution in [-0.4, -0.2) is 18.1 Å². The Morgan fingerprint density at radius 1 is 1.36 bits per heavy atom. The molecule has 0 heterocycles. The van der Waals surface area contributed by atoms with E-state index in [0.29, 0.717) is 0 Å². The van der Waals surface area contributed by atoms with E-state index in [1.807, 2.05) is 0 Å². The number of carbonyl (C=O) groups is 1. The van der Waals surface area contributed by atoms with Crippen molar-refractivity contribution in [2.24, 2.45) is 0 Å². The summed E-state index contributed by atoms with van der Waals surface area (Å²) in [5, 5.41) is 2.08. The van der Waals surface area contributed by atoms with Gasteiger partial charge in [-0.25, -0.2) is 0 Å². The highest BCUT2D eigenvalue weighted by Gasteiger charge is 2.36. The molecule has 1 amide bonds. The monoisotopic (exact) mass is 169 g/mol. The molecule has 11 heavy (non-hydrogen) atoms. The fraction of sp³-hybridized carbons (Fsp3) is 0.833. The number of nitrogens with one attached hydrogen (secondary N) is 1. The molecular formula is C6H10F3NO. The maximum Gasteiger partial charge on any atom is 0.391 e. The van der Waals surface area contributed by atoms with Gasteiger partial charge in [-0.3, -0.25) is 4.79 Å². The molecule has 1 N–H and O–H groups in total. The molecule has 0 aliphatic rings. The normalized spacial score (nSPS) is 12.8. The van der Waals surface area contributed by atoms with Crippen molar-refractivity contribution in [2.45, 2.75) is 32.0 Å².